The van der Waals surface area contributed by atoms with Gasteiger partial charge < -0.3 is 14.7 Å². The second kappa shape index (κ2) is 5.91. The Morgan fingerprint density at radius 1 is 1.37 bits per heavy atom. The van der Waals surface area contributed by atoms with Crippen molar-refractivity contribution in [3.05, 3.63) is 47.1 Å². The molecule has 0 aliphatic carbocycles. The summed E-state index contributed by atoms with van der Waals surface area (Å²) in [4.78, 5) is 6.14. The van der Waals surface area contributed by atoms with Gasteiger partial charge in [-0.15, -0.1) is 0 Å². The number of pyridine rings is 1. The third kappa shape index (κ3) is 2.97. The Hall–Kier alpha value is -1.78. The maximum Gasteiger partial charge on any atom is 0.151 e. The van der Waals surface area contributed by atoms with E-state index >= 15 is 0 Å². The van der Waals surface area contributed by atoms with E-state index in [1.54, 1.807) is 19.4 Å². The molecule has 1 aromatic carbocycles. The van der Waals surface area contributed by atoms with Crippen LogP contribution >= 0.6 is 11.6 Å². The molecule has 0 aliphatic heterocycles. The van der Waals surface area contributed by atoms with Crippen LogP contribution in [0.25, 0.3) is 0 Å². The van der Waals surface area contributed by atoms with Gasteiger partial charge in [0.1, 0.15) is 5.75 Å². The molecule has 0 amide bonds. The van der Waals surface area contributed by atoms with Gasteiger partial charge in [0, 0.05) is 25.0 Å². The minimum Gasteiger partial charge on any atom is -0.497 e. The molecule has 0 bridgehead atoms. The predicted octanol–water partition coefficient (Wildman–Crippen LogP) is 3.00. The number of hydrogen-bond donors (Lipinski definition) is 1. The fraction of sp³-hybridized carbons (Fsp3) is 0.214. The van der Waals surface area contributed by atoms with E-state index in [1.165, 1.54) is 0 Å². The number of halogens is 1. The minimum atomic E-state index is -0.0735. The first-order valence-corrected chi connectivity index (χ1v) is 6.16. The SMILES string of the molecule is COc1cccc(N(C)c2ncc(CO)cc2Cl)c1. The number of methoxy groups -OCH3 is 1. The zero-order chi connectivity index (χ0) is 13.8. The van der Waals surface area contributed by atoms with E-state index in [1.807, 2.05) is 36.2 Å². The lowest BCUT2D eigenvalue weighted by molar-refractivity contribution is 0.281. The Kier molecular flexibility index (Phi) is 4.24. The molecule has 5 heteroatoms. The molecule has 0 atom stereocenters. The van der Waals surface area contributed by atoms with Gasteiger partial charge in [-0.3, -0.25) is 0 Å². The third-order valence-electron chi connectivity index (χ3n) is 2.82. The van der Waals surface area contributed by atoms with Crippen LogP contribution in [0.3, 0.4) is 0 Å². The van der Waals surface area contributed by atoms with Crippen molar-refractivity contribution in [3.63, 3.8) is 0 Å². The summed E-state index contributed by atoms with van der Waals surface area (Å²) >= 11 is 6.18. The quantitative estimate of drug-likeness (QED) is 0.934. The number of nitrogens with zero attached hydrogens (tertiary/aromatic N) is 2. The molecule has 2 rings (SSSR count). The third-order valence-corrected chi connectivity index (χ3v) is 3.10. The highest BCUT2D eigenvalue weighted by Gasteiger charge is 2.11. The van der Waals surface area contributed by atoms with Gasteiger partial charge in [-0.2, -0.15) is 0 Å². The molecule has 0 saturated heterocycles. The summed E-state index contributed by atoms with van der Waals surface area (Å²) in [5.41, 5.74) is 1.61. The van der Waals surface area contributed by atoms with Gasteiger partial charge in [0.2, 0.25) is 0 Å². The summed E-state index contributed by atoms with van der Waals surface area (Å²) in [7, 11) is 3.50. The van der Waals surface area contributed by atoms with E-state index in [9.17, 15) is 0 Å². The van der Waals surface area contributed by atoms with E-state index in [2.05, 4.69) is 4.98 Å². The van der Waals surface area contributed by atoms with Crippen LogP contribution in [-0.2, 0) is 6.61 Å². The fourth-order valence-corrected chi connectivity index (χ4v) is 2.06. The van der Waals surface area contributed by atoms with Crippen molar-refractivity contribution in [3.8, 4) is 5.75 Å². The number of aliphatic hydroxyl groups excluding tert-OH is 1. The first-order chi connectivity index (χ1) is 9.15. The normalized spacial score (nSPS) is 10.3. The van der Waals surface area contributed by atoms with E-state index in [0.29, 0.717) is 16.4 Å². The van der Waals surface area contributed by atoms with Crippen LogP contribution in [0.15, 0.2) is 36.5 Å². The summed E-state index contributed by atoms with van der Waals surface area (Å²) in [6.45, 7) is -0.0735. The molecular weight excluding hydrogens is 264 g/mol. The highest BCUT2D eigenvalue weighted by Crippen LogP contribution is 2.30. The van der Waals surface area contributed by atoms with Gasteiger partial charge in [0.15, 0.2) is 5.82 Å². The number of ether oxygens (including phenoxy) is 1. The number of aliphatic hydroxyl groups is 1. The van der Waals surface area contributed by atoms with Crippen LogP contribution in [0.5, 0.6) is 5.75 Å². The molecule has 1 N–H and O–H groups in total. The minimum absolute atomic E-state index is 0.0735. The van der Waals surface area contributed by atoms with E-state index in [-0.39, 0.29) is 6.61 Å². The van der Waals surface area contributed by atoms with Crippen molar-refractivity contribution in [2.45, 2.75) is 6.61 Å². The van der Waals surface area contributed by atoms with Crippen LogP contribution in [0.1, 0.15) is 5.56 Å². The van der Waals surface area contributed by atoms with Crippen molar-refractivity contribution in [1.82, 2.24) is 4.98 Å². The average Bonchev–Trinajstić information content (AvgIpc) is 2.46. The summed E-state index contributed by atoms with van der Waals surface area (Å²) < 4.78 is 5.19. The Labute approximate surface area is 117 Å². The standard InChI is InChI=1S/C14H15ClN2O2/c1-17(11-4-3-5-12(7-11)19-2)14-13(15)6-10(9-18)8-16-14/h3-8,18H,9H2,1-2H3. The molecule has 1 aromatic heterocycles. The molecule has 0 spiro atoms. The van der Waals surface area contributed by atoms with Gasteiger partial charge in [-0.25, -0.2) is 4.98 Å². The van der Waals surface area contributed by atoms with E-state index in [0.717, 1.165) is 11.4 Å². The van der Waals surface area contributed by atoms with Gasteiger partial charge in [-0.05, 0) is 23.8 Å². The zero-order valence-electron chi connectivity index (χ0n) is 10.8. The lowest BCUT2D eigenvalue weighted by Crippen LogP contribution is -2.12. The van der Waals surface area contributed by atoms with E-state index < -0.39 is 0 Å². The fourth-order valence-electron chi connectivity index (χ4n) is 1.74. The number of rotatable bonds is 4. The molecule has 0 unspecified atom stereocenters. The lowest BCUT2D eigenvalue weighted by Gasteiger charge is -2.20. The molecular formula is C14H15ClN2O2. The van der Waals surface area contributed by atoms with Crippen LogP contribution in [-0.4, -0.2) is 24.2 Å². The van der Waals surface area contributed by atoms with Crippen LogP contribution in [0.2, 0.25) is 5.02 Å². The summed E-state index contributed by atoms with van der Waals surface area (Å²) in [6.07, 6.45) is 1.61. The predicted molar refractivity (Wildman–Crippen MR) is 76.2 cm³/mol. The lowest BCUT2D eigenvalue weighted by atomic mass is 10.2. The highest BCUT2D eigenvalue weighted by molar-refractivity contribution is 6.33. The Bertz CT molecular complexity index is 575. The van der Waals surface area contributed by atoms with Crippen molar-refractivity contribution < 1.29 is 9.84 Å². The van der Waals surface area contributed by atoms with Gasteiger partial charge in [-0.1, -0.05) is 17.7 Å². The molecule has 0 fully saturated rings. The van der Waals surface area contributed by atoms with Crippen LogP contribution in [0, 0.1) is 0 Å². The van der Waals surface area contributed by atoms with Gasteiger partial charge in [0.05, 0.1) is 18.7 Å². The largest absolute Gasteiger partial charge is 0.497 e. The number of hydrogen-bond acceptors (Lipinski definition) is 4. The molecule has 1 heterocycles. The maximum atomic E-state index is 9.05. The molecule has 0 saturated carbocycles. The number of aromatic nitrogens is 1. The molecule has 19 heavy (non-hydrogen) atoms. The van der Waals surface area contributed by atoms with Gasteiger partial charge >= 0.3 is 0 Å². The first kappa shape index (κ1) is 13.6. The van der Waals surface area contributed by atoms with Crippen LogP contribution < -0.4 is 9.64 Å². The highest BCUT2D eigenvalue weighted by atomic mass is 35.5. The van der Waals surface area contributed by atoms with Gasteiger partial charge in [0.25, 0.3) is 0 Å². The van der Waals surface area contributed by atoms with E-state index in [4.69, 9.17) is 21.4 Å². The maximum absolute atomic E-state index is 9.05. The second-order valence-electron chi connectivity index (χ2n) is 4.07. The smallest absolute Gasteiger partial charge is 0.151 e. The van der Waals surface area contributed by atoms with Crippen molar-refractivity contribution in [2.24, 2.45) is 0 Å². The monoisotopic (exact) mass is 278 g/mol. The summed E-state index contributed by atoms with van der Waals surface area (Å²) in [5.74, 6) is 1.40. The summed E-state index contributed by atoms with van der Waals surface area (Å²) in [5, 5.41) is 9.55. The first-order valence-electron chi connectivity index (χ1n) is 5.78. The van der Waals surface area contributed by atoms with Crippen molar-refractivity contribution >= 4 is 23.1 Å². The zero-order valence-corrected chi connectivity index (χ0v) is 11.6. The Morgan fingerprint density at radius 2 is 2.16 bits per heavy atom. The number of anilines is 2. The Balaban J connectivity index is 2.35. The molecule has 2 aromatic rings. The number of benzene rings is 1. The van der Waals surface area contributed by atoms with Crippen molar-refractivity contribution in [2.75, 3.05) is 19.1 Å². The molecule has 0 radical (unpaired) electrons. The van der Waals surface area contributed by atoms with Crippen molar-refractivity contribution in [1.29, 1.82) is 0 Å². The molecule has 4 nitrogen and oxygen atoms in total. The summed E-state index contributed by atoms with van der Waals surface area (Å²) in [6, 6.07) is 9.33. The average molecular weight is 279 g/mol. The molecule has 100 valence electrons. The molecule has 0 aliphatic rings. The van der Waals surface area contributed by atoms with Crippen LogP contribution in [0.4, 0.5) is 11.5 Å². The second-order valence-corrected chi connectivity index (χ2v) is 4.47. The topological polar surface area (TPSA) is 45.6 Å². The Morgan fingerprint density at radius 3 is 2.79 bits per heavy atom.